The zero-order valence-electron chi connectivity index (χ0n) is 20.5. The zero-order valence-corrected chi connectivity index (χ0v) is 20.5. The fourth-order valence-corrected chi connectivity index (χ4v) is 7.58. The van der Waals surface area contributed by atoms with Gasteiger partial charge in [-0.1, -0.05) is 74.9 Å². The van der Waals surface area contributed by atoms with Crippen LogP contribution in [0.25, 0.3) is 10.8 Å². The van der Waals surface area contributed by atoms with Gasteiger partial charge in [0.15, 0.2) is 0 Å². The summed E-state index contributed by atoms with van der Waals surface area (Å²) in [5.74, 6) is 1.06. The van der Waals surface area contributed by atoms with Crippen molar-refractivity contribution in [3.05, 3.63) is 71.3 Å². The third-order valence-electron chi connectivity index (χ3n) is 9.71. The summed E-state index contributed by atoms with van der Waals surface area (Å²) in [4.78, 5) is 0. The smallest absolute Gasteiger partial charge is 0.104 e. The molecule has 3 nitrogen and oxygen atoms in total. The summed E-state index contributed by atoms with van der Waals surface area (Å²) >= 11 is 0. The van der Waals surface area contributed by atoms with Gasteiger partial charge >= 0.3 is 0 Å². The van der Waals surface area contributed by atoms with Crippen LogP contribution in [-0.4, -0.2) is 33.6 Å². The van der Waals surface area contributed by atoms with E-state index in [4.69, 9.17) is 4.74 Å². The van der Waals surface area contributed by atoms with Crippen LogP contribution in [0.15, 0.2) is 65.8 Å². The minimum absolute atomic E-state index is 0.0942. The summed E-state index contributed by atoms with van der Waals surface area (Å²) in [5, 5.41) is 24.5. The highest BCUT2D eigenvalue weighted by Gasteiger charge is 2.62. The largest absolute Gasteiger partial charge is 0.390 e. The second-order valence-corrected chi connectivity index (χ2v) is 11.4. The average molecular weight is 459 g/mol. The highest BCUT2D eigenvalue weighted by molar-refractivity contribution is 5.83. The molecule has 0 amide bonds. The predicted molar refractivity (Wildman–Crippen MR) is 137 cm³/mol. The second kappa shape index (κ2) is 8.33. The number of aliphatic hydroxyl groups is 2. The summed E-state index contributed by atoms with van der Waals surface area (Å²) in [6.45, 7) is 4.49. The molecule has 2 aromatic carbocycles. The molecule has 2 fully saturated rings. The van der Waals surface area contributed by atoms with E-state index in [1.165, 1.54) is 28.3 Å². The van der Waals surface area contributed by atoms with Crippen molar-refractivity contribution < 1.29 is 14.9 Å². The van der Waals surface area contributed by atoms with E-state index in [-0.39, 0.29) is 11.5 Å². The molecule has 2 spiro atoms. The maximum Gasteiger partial charge on any atom is 0.104 e. The Morgan fingerprint density at radius 3 is 2.65 bits per heavy atom. The number of ether oxygens (including phenoxy) is 1. The van der Waals surface area contributed by atoms with Crippen molar-refractivity contribution in [3.63, 3.8) is 0 Å². The standard InChI is InChI=1S/C31H38O3/c1-3-21-19-30-15-16-31(34-30)20(2)11-12-23(25-14-13-22-7-4-5-8-24(22)17-25)9-6-10-26(31)18-27(30)29(33)28(21)32/h4-5,7-8,10,13-14,17-18,20-21,23,28-29,32-33H,3,6,9,11-12,15-16,19H2,1-2H3. The van der Waals surface area contributed by atoms with Crippen molar-refractivity contribution in [2.75, 3.05) is 0 Å². The Hall–Kier alpha value is -1.94. The van der Waals surface area contributed by atoms with Crippen LogP contribution in [0.5, 0.6) is 0 Å². The molecule has 0 radical (unpaired) electrons. The predicted octanol–water partition coefficient (Wildman–Crippen LogP) is 6.44. The van der Waals surface area contributed by atoms with Gasteiger partial charge in [0.2, 0.25) is 0 Å². The Balaban J connectivity index is 1.33. The molecule has 6 rings (SSSR count). The Labute approximate surface area is 203 Å². The molecule has 1 saturated carbocycles. The summed E-state index contributed by atoms with van der Waals surface area (Å²) in [7, 11) is 0. The lowest BCUT2D eigenvalue weighted by Gasteiger charge is -2.51. The van der Waals surface area contributed by atoms with Gasteiger partial charge in [-0.3, -0.25) is 0 Å². The normalized spacial score (nSPS) is 39.8. The lowest BCUT2D eigenvalue weighted by atomic mass is 9.68. The monoisotopic (exact) mass is 458 g/mol. The topological polar surface area (TPSA) is 49.7 Å². The van der Waals surface area contributed by atoms with Gasteiger partial charge in [0.05, 0.1) is 17.3 Å². The van der Waals surface area contributed by atoms with Gasteiger partial charge in [0.1, 0.15) is 6.10 Å². The Morgan fingerprint density at radius 2 is 1.82 bits per heavy atom. The van der Waals surface area contributed by atoms with Crippen molar-refractivity contribution in [1.29, 1.82) is 0 Å². The zero-order chi connectivity index (χ0) is 23.5. The summed E-state index contributed by atoms with van der Waals surface area (Å²) in [6, 6.07) is 15.6. The number of benzene rings is 2. The van der Waals surface area contributed by atoms with E-state index in [0.29, 0.717) is 11.8 Å². The first-order valence-electron chi connectivity index (χ1n) is 13.4. The number of allylic oxidation sites excluding steroid dienone is 1. The lowest BCUT2D eigenvalue weighted by molar-refractivity contribution is -0.149. The minimum atomic E-state index is -0.816. The molecule has 2 aliphatic carbocycles. The lowest BCUT2D eigenvalue weighted by Crippen LogP contribution is -2.55. The van der Waals surface area contributed by atoms with Crippen LogP contribution in [0, 0.1) is 11.8 Å². The van der Waals surface area contributed by atoms with E-state index in [0.717, 1.165) is 50.5 Å². The Bertz CT molecular complexity index is 1150. The summed E-state index contributed by atoms with van der Waals surface area (Å²) < 4.78 is 7.13. The van der Waals surface area contributed by atoms with Crippen molar-refractivity contribution >= 4 is 10.8 Å². The molecule has 180 valence electrons. The number of hydrogen-bond donors (Lipinski definition) is 2. The number of rotatable bonds is 2. The highest BCUT2D eigenvalue weighted by Crippen LogP contribution is 2.60. The molecule has 3 heteroatoms. The molecular formula is C31H38O3. The van der Waals surface area contributed by atoms with Crippen molar-refractivity contribution in [3.8, 4) is 0 Å². The van der Waals surface area contributed by atoms with Crippen LogP contribution in [0.4, 0.5) is 0 Å². The number of aliphatic hydroxyl groups excluding tert-OH is 2. The van der Waals surface area contributed by atoms with Crippen molar-refractivity contribution in [2.24, 2.45) is 11.8 Å². The third kappa shape index (κ3) is 3.35. The molecule has 4 aliphatic rings. The van der Waals surface area contributed by atoms with Crippen LogP contribution in [0.2, 0.25) is 0 Å². The molecule has 34 heavy (non-hydrogen) atoms. The molecular weight excluding hydrogens is 420 g/mol. The third-order valence-corrected chi connectivity index (χ3v) is 9.71. The first-order valence-corrected chi connectivity index (χ1v) is 13.4. The van der Waals surface area contributed by atoms with Crippen molar-refractivity contribution in [2.45, 2.75) is 94.5 Å². The minimum Gasteiger partial charge on any atom is -0.390 e. The van der Waals surface area contributed by atoms with Crippen LogP contribution in [0.3, 0.4) is 0 Å². The summed E-state index contributed by atoms with van der Waals surface area (Å²) in [5.41, 5.74) is 3.00. The molecule has 2 bridgehead atoms. The average Bonchev–Trinajstić information content (AvgIpc) is 3.21. The maximum absolute atomic E-state index is 11.1. The molecule has 7 unspecified atom stereocenters. The fraction of sp³-hybridized carbons (Fsp3) is 0.548. The van der Waals surface area contributed by atoms with Gasteiger partial charge in [-0.15, -0.1) is 0 Å². The Morgan fingerprint density at radius 1 is 1.00 bits per heavy atom. The molecule has 2 N–H and O–H groups in total. The molecule has 1 saturated heterocycles. The highest BCUT2D eigenvalue weighted by atomic mass is 16.5. The van der Waals surface area contributed by atoms with E-state index in [1.807, 2.05) is 0 Å². The van der Waals surface area contributed by atoms with Crippen LogP contribution in [-0.2, 0) is 4.74 Å². The van der Waals surface area contributed by atoms with Gasteiger partial charge in [-0.2, -0.15) is 0 Å². The van der Waals surface area contributed by atoms with E-state index >= 15 is 0 Å². The second-order valence-electron chi connectivity index (χ2n) is 11.4. The van der Waals surface area contributed by atoms with E-state index in [2.05, 4.69) is 68.5 Å². The van der Waals surface area contributed by atoms with Crippen LogP contribution < -0.4 is 0 Å². The molecule has 2 heterocycles. The molecule has 2 aliphatic heterocycles. The first kappa shape index (κ1) is 22.5. The molecule has 2 aromatic rings. The SMILES string of the molecule is CCC1CC23CCC4(O2)C(=CCCC(c2ccc5ccccc5c2)CCC4C)C=C3C(O)C1O. The van der Waals surface area contributed by atoms with Gasteiger partial charge in [0, 0.05) is 0 Å². The summed E-state index contributed by atoms with van der Waals surface area (Å²) in [6.07, 6.45) is 11.2. The number of fused-ring (bicyclic) bond motifs is 1. The van der Waals surface area contributed by atoms with Gasteiger partial charge in [-0.05, 0) is 90.2 Å². The first-order chi connectivity index (χ1) is 16.5. The maximum atomic E-state index is 11.1. The van der Waals surface area contributed by atoms with Gasteiger partial charge in [0.25, 0.3) is 0 Å². The van der Waals surface area contributed by atoms with Crippen LogP contribution in [0.1, 0.15) is 76.7 Å². The number of hydrogen-bond acceptors (Lipinski definition) is 3. The van der Waals surface area contributed by atoms with E-state index in [9.17, 15) is 10.2 Å². The Kier molecular flexibility index (Phi) is 5.51. The molecule has 0 aromatic heterocycles. The van der Waals surface area contributed by atoms with E-state index in [1.54, 1.807) is 0 Å². The van der Waals surface area contributed by atoms with Crippen molar-refractivity contribution in [1.82, 2.24) is 0 Å². The van der Waals surface area contributed by atoms with Crippen LogP contribution >= 0.6 is 0 Å². The quantitative estimate of drug-likeness (QED) is 0.544. The van der Waals surface area contributed by atoms with Gasteiger partial charge in [-0.25, -0.2) is 0 Å². The van der Waals surface area contributed by atoms with E-state index < -0.39 is 17.8 Å². The fourth-order valence-electron chi connectivity index (χ4n) is 7.58. The molecule has 7 atom stereocenters. The van der Waals surface area contributed by atoms with Gasteiger partial charge < -0.3 is 14.9 Å².